The van der Waals surface area contributed by atoms with Gasteiger partial charge in [-0.1, -0.05) is 13.3 Å². The van der Waals surface area contributed by atoms with Gasteiger partial charge in [0, 0.05) is 31.0 Å². The van der Waals surface area contributed by atoms with Crippen LogP contribution in [0.5, 0.6) is 0 Å². The maximum Gasteiger partial charge on any atom is 0.323 e. The number of unbranched alkanes of at least 4 members (excludes halogenated alkanes) is 1. The predicted molar refractivity (Wildman–Crippen MR) is 75.4 cm³/mol. The van der Waals surface area contributed by atoms with Gasteiger partial charge in [-0.15, -0.1) is 0 Å². The van der Waals surface area contributed by atoms with Crippen LogP contribution >= 0.6 is 0 Å². The summed E-state index contributed by atoms with van der Waals surface area (Å²) in [5, 5.41) is 24.1. The van der Waals surface area contributed by atoms with Crippen molar-refractivity contribution in [2.45, 2.75) is 45.4 Å². The van der Waals surface area contributed by atoms with Gasteiger partial charge in [-0.3, -0.25) is 10.1 Å². The number of carbonyl (C=O) groups is 1. The third-order valence-electron chi connectivity index (χ3n) is 2.79. The molecule has 0 radical (unpaired) electrons. The van der Waals surface area contributed by atoms with E-state index in [2.05, 4.69) is 27.5 Å². The lowest BCUT2D eigenvalue weighted by Crippen LogP contribution is -2.44. The maximum atomic E-state index is 10.9. The number of hydrogen-bond donors (Lipinski definition) is 4. The number of nitrogens with one attached hydrogen (secondary N) is 2. The lowest BCUT2D eigenvalue weighted by molar-refractivity contribution is -0.142. The van der Waals surface area contributed by atoms with Crippen LogP contribution in [0.3, 0.4) is 0 Å². The average molecular weight is 282 g/mol. The van der Waals surface area contributed by atoms with Gasteiger partial charge in [0.25, 0.3) is 0 Å². The minimum absolute atomic E-state index is 0.289. The van der Waals surface area contributed by atoms with Gasteiger partial charge in [-0.2, -0.15) is 0 Å². The molecule has 1 aromatic heterocycles. The van der Waals surface area contributed by atoms with Gasteiger partial charge < -0.3 is 15.5 Å². The Morgan fingerprint density at radius 2 is 2.05 bits per heavy atom. The molecule has 112 valence electrons. The van der Waals surface area contributed by atoms with Gasteiger partial charge in [0.15, 0.2) is 0 Å². The van der Waals surface area contributed by atoms with Crippen molar-refractivity contribution in [2.24, 2.45) is 0 Å². The highest BCUT2D eigenvalue weighted by Crippen LogP contribution is 2.02. The van der Waals surface area contributed by atoms with Crippen molar-refractivity contribution in [1.82, 2.24) is 15.3 Å². The number of carboxylic acid groups (broad SMARTS) is 1. The topological polar surface area (TPSA) is 107 Å². The van der Waals surface area contributed by atoms with Crippen LogP contribution in [-0.4, -0.2) is 44.8 Å². The molecule has 0 aliphatic carbocycles. The van der Waals surface area contributed by atoms with Gasteiger partial charge in [-0.25, -0.2) is 9.97 Å². The summed E-state index contributed by atoms with van der Waals surface area (Å²) in [5.74, 6) is -0.522. The second kappa shape index (κ2) is 8.44. The second-order valence-electron chi connectivity index (χ2n) is 4.63. The Kier molecular flexibility index (Phi) is 6.89. The van der Waals surface area contributed by atoms with E-state index in [1.165, 1.54) is 6.92 Å². The van der Waals surface area contributed by atoms with E-state index < -0.39 is 18.1 Å². The Morgan fingerprint density at radius 3 is 2.55 bits per heavy atom. The molecule has 1 heterocycles. The van der Waals surface area contributed by atoms with Crippen molar-refractivity contribution in [3.05, 3.63) is 18.0 Å². The van der Waals surface area contributed by atoms with E-state index in [0.29, 0.717) is 5.95 Å². The third-order valence-corrected chi connectivity index (χ3v) is 2.79. The fourth-order valence-electron chi connectivity index (χ4n) is 1.61. The van der Waals surface area contributed by atoms with Crippen molar-refractivity contribution < 1.29 is 15.0 Å². The molecule has 7 heteroatoms. The lowest BCUT2D eigenvalue weighted by Gasteiger charge is -2.16. The molecule has 0 aliphatic rings. The predicted octanol–water partition coefficient (Wildman–Crippen LogP) is 0.612. The normalized spacial score (nSPS) is 13.8. The molecular weight excluding hydrogens is 260 g/mol. The molecule has 0 spiro atoms. The van der Waals surface area contributed by atoms with E-state index in [4.69, 9.17) is 5.11 Å². The molecule has 4 N–H and O–H groups in total. The zero-order valence-electron chi connectivity index (χ0n) is 11.8. The molecule has 1 rings (SSSR count). The number of aromatic nitrogens is 2. The number of aliphatic hydroxyl groups is 1. The van der Waals surface area contributed by atoms with Gasteiger partial charge in [0.2, 0.25) is 5.95 Å². The van der Waals surface area contributed by atoms with Crippen molar-refractivity contribution in [3.8, 4) is 0 Å². The van der Waals surface area contributed by atoms with Crippen molar-refractivity contribution >= 4 is 11.9 Å². The van der Waals surface area contributed by atoms with Crippen molar-refractivity contribution in [3.63, 3.8) is 0 Å². The van der Waals surface area contributed by atoms with Gasteiger partial charge >= 0.3 is 5.97 Å². The fourth-order valence-corrected chi connectivity index (χ4v) is 1.61. The molecule has 0 bridgehead atoms. The van der Waals surface area contributed by atoms with Crippen LogP contribution in [0.25, 0.3) is 0 Å². The number of nitrogens with zero attached hydrogens (tertiary/aromatic N) is 2. The number of rotatable bonds is 9. The summed E-state index contributed by atoms with van der Waals surface area (Å²) in [7, 11) is 0. The molecule has 1 aromatic rings. The molecule has 20 heavy (non-hydrogen) atoms. The van der Waals surface area contributed by atoms with Crippen molar-refractivity contribution in [1.29, 1.82) is 0 Å². The molecule has 0 amide bonds. The highest BCUT2D eigenvalue weighted by molar-refractivity contribution is 5.74. The Morgan fingerprint density at radius 1 is 1.40 bits per heavy atom. The maximum absolute atomic E-state index is 10.9. The highest BCUT2D eigenvalue weighted by atomic mass is 16.4. The number of anilines is 1. The van der Waals surface area contributed by atoms with Gasteiger partial charge in [-0.05, 0) is 13.3 Å². The van der Waals surface area contributed by atoms with Crippen LogP contribution in [0.2, 0.25) is 0 Å². The third kappa shape index (κ3) is 5.50. The Hall–Kier alpha value is -1.73. The molecule has 7 nitrogen and oxygen atoms in total. The van der Waals surface area contributed by atoms with E-state index >= 15 is 0 Å². The quantitative estimate of drug-likeness (QED) is 0.492. The Bertz CT molecular complexity index is 409. The summed E-state index contributed by atoms with van der Waals surface area (Å²) in [6.07, 6.45) is 4.46. The first-order valence-corrected chi connectivity index (χ1v) is 6.73. The number of aliphatic hydroxyl groups excluding tert-OH is 1. The summed E-state index contributed by atoms with van der Waals surface area (Å²) in [6.45, 7) is 4.66. The number of hydrogen-bond acceptors (Lipinski definition) is 6. The minimum atomic E-state index is -1.08. The highest BCUT2D eigenvalue weighted by Gasteiger charge is 2.22. The smallest absolute Gasteiger partial charge is 0.323 e. The van der Waals surface area contributed by atoms with Crippen LogP contribution in [0.1, 0.15) is 32.3 Å². The Balaban J connectivity index is 2.46. The zero-order chi connectivity index (χ0) is 15.0. The summed E-state index contributed by atoms with van der Waals surface area (Å²) >= 11 is 0. The van der Waals surface area contributed by atoms with E-state index in [0.717, 1.165) is 24.9 Å². The molecule has 0 aromatic carbocycles. The second-order valence-corrected chi connectivity index (χ2v) is 4.63. The van der Waals surface area contributed by atoms with E-state index in [1.54, 1.807) is 12.4 Å². The summed E-state index contributed by atoms with van der Waals surface area (Å²) < 4.78 is 0. The molecule has 0 fully saturated rings. The first-order valence-electron chi connectivity index (χ1n) is 6.73. The molecule has 0 saturated carbocycles. The standard InChI is InChI=1S/C13H22N4O3/c1-3-4-5-14-13-16-7-10(8-17-13)6-15-11(9(2)18)12(19)20/h7-9,11,15,18H,3-6H2,1-2H3,(H,19,20)(H,14,16,17). The fraction of sp³-hybridized carbons (Fsp3) is 0.615. The number of carboxylic acids is 1. The van der Waals surface area contributed by atoms with Crippen LogP contribution in [0.4, 0.5) is 5.95 Å². The summed E-state index contributed by atoms with van der Waals surface area (Å²) in [6, 6.07) is -1.00. The van der Waals surface area contributed by atoms with E-state index in [1.807, 2.05) is 0 Å². The van der Waals surface area contributed by atoms with E-state index in [9.17, 15) is 9.90 Å². The summed E-state index contributed by atoms with van der Waals surface area (Å²) in [4.78, 5) is 19.2. The molecule has 2 unspecified atom stereocenters. The van der Waals surface area contributed by atoms with Crippen LogP contribution in [0.15, 0.2) is 12.4 Å². The molecular formula is C13H22N4O3. The van der Waals surface area contributed by atoms with Gasteiger partial charge in [0.1, 0.15) is 6.04 Å². The van der Waals surface area contributed by atoms with Gasteiger partial charge in [0.05, 0.1) is 6.10 Å². The minimum Gasteiger partial charge on any atom is -0.480 e. The first-order chi connectivity index (χ1) is 9.54. The molecule has 2 atom stereocenters. The monoisotopic (exact) mass is 282 g/mol. The van der Waals surface area contributed by atoms with Crippen molar-refractivity contribution in [2.75, 3.05) is 11.9 Å². The van der Waals surface area contributed by atoms with Crippen LogP contribution < -0.4 is 10.6 Å². The van der Waals surface area contributed by atoms with Crippen LogP contribution in [0, 0.1) is 0 Å². The summed E-state index contributed by atoms with van der Waals surface area (Å²) in [5.41, 5.74) is 0.762. The Labute approximate surface area is 118 Å². The number of aliphatic carboxylic acids is 1. The lowest BCUT2D eigenvalue weighted by atomic mass is 10.2. The zero-order valence-corrected chi connectivity index (χ0v) is 11.8. The SMILES string of the molecule is CCCCNc1ncc(CNC(C(=O)O)C(C)O)cn1. The average Bonchev–Trinajstić information content (AvgIpc) is 2.40. The first kappa shape index (κ1) is 16.3. The van der Waals surface area contributed by atoms with Crippen LogP contribution in [-0.2, 0) is 11.3 Å². The van der Waals surface area contributed by atoms with E-state index in [-0.39, 0.29) is 6.54 Å². The molecule has 0 aliphatic heterocycles. The largest absolute Gasteiger partial charge is 0.480 e. The molecule has 0 saturated heterocycles.